The van der Waals surface area contributed by atoms with E-state index in [1.807, 2.05) is 26.0 Å². The van der Waals surface area contributed by atoms with Crippen molar-refractivity contribution in [3.63, 3.8) is 0 Å². The number of amides is 1. The lowest BCUT2D eigenvalue weighted by Crippen LogP contribution is -2.34. The molecule has 0 radical (unpaired) electrons. The molecule has 6 heteroatoms. The number of amidine groups is 1. The van der Waals surface area contributed by atoms with E-state index in [0.717, 1.165) is 10.0 Å². The number of carbonyl (C=O) groups excluding carboxylic acids is 1. The molecule has 0 bridgehead atoms. The lowest BCUT2D eigenvalue weighted by molar-refractivity contribution is 0.0767. The van der Waals surface area contributed by atoms with Crippen LogP contribution in [0.4, 0.5) is 0 Å². The molecule has 0 aliphatic carbocycles. The van der Waals surface area contributed by atoms with Gasteiger partial charge in [0.25, 0.3) is 5.91 Å². The van der Waals surface area contributed by atoms with Crippen LogP contribution < -0.4 is 5.73 Å². The van der Waals surface area contributed by atoms with Crippen molar-refractivity contribution < 1.29 is 10.0 Å². The number of rotatable bonds is 5. The predicted molar refractivity (Wildman–Crippen MR) is 78.5 cm³/mol. The molecule has 1 aromatic rings. The van der Waals surface area contributed by atoms with Crippen LogP contribution in [0.1, 0.15) is 29.3 Å². The summed E-state index contributed by atoms with van der Waals surface area (Å²) in [5.41, 5.74) is 7.06. The van der Waals surface area contributed by atoms with Crippen LogP contribution in [0.2, 0.25) is 0 Å². The Kier molecular flexibility index (Phi) is 5.82. The maximum atomic E-state index is 12.4. The second-order valence-corrected chi connectivity index (χ2v) is 4.96. The number of hydrogen-bond donors (Lipinski definition) is 2. The molecule has 0 aliphatic heterocycles. The van der Waals surface area contributed by atoms with Gasteiger partial charge in [0.1, 0.15) is 5.84 Å². The summed E-state index contributed by atoms with van der Waals surface area (Å²) in [5, 5.41) is 11.4. The molecule has 0 saturated carbocycles. The number of hydrogen-bond acceptors (Lipinski definition) is 3. The molecule has 0 aliphatic rings. The molecule has 0 heterocycles. The molecule has 0 unspecified atom stereocenters. The summed E-state index contributed by atoms with van der Waals surface area (Å²) >= 11 is 3.44. The molecule has 3 N–H and O–H groups in total. The van der Waals surface area contributed by atoms with Crippen LogP contribution in [-0.2, 0) is 0 Å². The second kappa shape index (κ2) is 7.13. The lowest BCUT2D eigenvalue weighted by Gasteiger charge is -2.21. The number of nitrogens with zero attached hydrogens (tertiary/aromatic N) is 2. The van der Waals surface area contributed by atoms with Gasteiger partial charge in [-0.1, -0.05) is 17.3 Å². The largest absolute Gasteiger partial charge is 0.409 e. The van der Waals surface area contributed by atoms with E-state index in [1.54, 1.807) is 11.0 Å². The molecule has 1 amide bonds. The first kappa shape index (κ1) is 15.5. The second-order valence-electron chi connectivity index (χ2n) is 4.16. The predicted octanol–water partition coefficient (Wildman–Crippen LogP) is 2.36. The Balaban J connectivity index is 2.87. The van der Waals surface area contributed by atoms with Gasteiger partial charge in [-0.25, -0.2) is 0 Å². The van der Waals surface area contributed by atoms with Crippen LogP contribution in [0.15, 0.2) is 27.8 Å². The summed E-state index contributed by atoms with van der Waals surface area (Å²) in [7, 11) is 0. The van der Waals surface area contributed by atoms with Crippen molar-refractivity contribution in [2.75, 3.05) is 13.1 Å². The average molecular weight is 328 g/mol. The van der Waals surface area contributed by atoms with Gasteiger partial charge in [0.2, 0.25) is 0 Å². The number of carbonyl (C=O) groups is 1. The topological polar surface area (TPSA) is 78.9 Å². The fourth-order valence-electron chi connectivity index (χ4n) is 1.69. The minimum absolute atomic E-state index is 0.0659. The van der Waals surface area contributed by atoms with Gasteiger partial charge in [0.05, 0.1) is 5.56 Å². The lowest BCUT2D eigenvalue weighted by atomic mass is 10.1. The standard InChI is InChI=1S/C13H18BrN3O2/c1-3-17(8-7-11(15)16-19)13(18)10-6-4-5-9(2)12(10)14/h4-6,19H,3,7-8H2,1-2H3,(H2,15,16). The highest BCUT2D eigenvalue weighted by molar-refractivity contribution is 9.10. The van der Waals surface area contributed by atoms with Gasteiger partial charge in [-0.05, 0) is 41.4 Å². The van der Waals surface area contributed by atoms with Crippen molar-refractivity contribution in [1.29, 1.82) is 0 Å². The maximum Gasteiger partial charge on any atom is 0.255 e. The molecule has 0 spiro atoms. The summed E-state index contributed by atoms with van der Waals surface area (Å²) in [6.45, 7) is 4.82. The molecule has 0 saturated heterocycles. The third-order valence-electron chi connectivity index (χ3n) is 2.86. The fraction of sp³-hybridized carbons (Fsp3) is 0.385. The molecule has 104 valence electrons. The van der Waals surface area contributed by atoms with Gasteiger partial charge >= 0.3 is 0 Å². The Morgan fingerprint density at radius 2 is 2.21 bits per heavy atom. The summed E-state index contributed by atoms with van der Waals surface area (Å²) in [4.78, 5) is 14.1. The molecular formula is C13H18BrN3O2. The Morgan fingerprint density at radius 1 is 1.53 bits per heavy atom. The van der Waals surface area contributed by atoms with Gasteiger partial charge in [-0.15, -0.1) is 0 Å². The number of benzene rings is 1. The van der Waals surface area contributed by atoms with Gasteiger partial charge < -0.3 is 15.8 Å². The first-order chi connectivity index (χ1) is 9.01. The first-order valence-corrected chi connectivity index (χ1v) is 6.81. The van der Waals surface area contributed by atoms with Crippen molar-refractivity contribution in [1.82, 2.24) is 4.90 Å². The first-order valence-electron chi connectivity index (χ1n) is 6.02. The SMILES string of the molecule is CCN(CC/C(N)=N/O)C(=O)c1cccc(C)c1Br. The van der Waals surface area contributed by atoms with E-state index in [9.17, 15) is 4.79 Å². The van der Waals surface area contributed by atoms with E-state index in [2.05, 4.69) is 21.1 Å². The summed E-state index contributed by atoms with van der Waals surface area (Å²) in [6.07, 6.45) is 0.347. The van der Waals surface area contributed by atoms with E-state index < -0.39 is 0 Å². The highest BCUT2D eigenvalue weighted by Gasteiger charge is 2.17. The normalized spacial score (nSPS) is 11.4. The minimum atomic E-state index is -0.0659. The third kappa shape index (κ3) is 3.96. The molecule has 1 aromatic carbocycles. The molecule has 0 atom stereocenters. The van der Waals surface area contributed by atoms with Crippen LogP contribution in [0.25, 0.3) is 0 Å². The van der Waals surface area contributed by atoms with Gasteiger partial charge in [0, 0.05) is 24.0 Å². The average Bonchev–Trinajstić information content (AvgIpc) is 2.41. The van der Waals surface area contributed by atoms with Crippen LogP contribution >= 0.6 is 15.9 Å². The summed E-state index contributed by atoms with van der Waals surface area (Å²) in [5.74, 6) is 0.0540. The summed E-state index contributed by atoms with van der Waals surface area (Å²) in [6, 6.07) is 5.57. The number of nitrogens with two attached hydrogens (primary N) is 1. The molecule has 0 fully saturated rings. The van der Waals surface area contributed by atoms with Crippen LogP contribution in [0.3, 0.4) is 0 Å². The number of aryl methyl sites for hydroxylation is 1. The van der Waals surface area contributed by atoms with Crippen molar-refractivity contribution >= 4 is 27.7 Å². The van der Waals surface area contributed by atoms with Gasteiger partial charge in [-0.3, -0.25) is 4.79 Å². The van der Waals surface area contributed by atoms with Crippen LogP contribution in [-0.4, -0.2) is 34.9 Å². The van der Waals surface area contributed by atoms with E-state index in [1.165, 1.54) is 0 Å². The zero-order valence-electron chi connectivity index (χ0n) is 11.1. The van der Waals surface area contributed by atoms with E-state index in [4.69, 9.17) is 10.9 Å². The molecular weight excluding hydrogens is 310 g/mol. The van der Waals surface area contributed by atoms with Gasteiger partial charge in [0.15, 0.2) is 0 Å². The van der Waals surface area contributed by atoms with Crippen molar-refractivity contribution in [3.8, 4) is 0 Å². The van der Waals surface area contributed by atoms with Crippen molar-refractivity contribution in [3.05, 3.63) is 33.8 Å². The monoisotopic (exact) mass is 327 g/mol. The minimum Gasteiger partial charge on any atom is -0.409 e. The van der Waals surface area contributed by atoms with Crippen molar-refractivity contribution in [2.45, 2.75) is 20.3 Å². The highest BCUT2D eigenvalue weighted by Crippen LogP contribution is 2.22. The Hall–Kier alpha value is -1.56. The van der Waals surface area contributed by atoms with Crippen LogP contribution in [0.5, 0.6) is 0 Å². The number of halogens is 1. The molecule has 1 rings (SSSR count). The van der Waals surface area contributed by atoms with Crippen molar-refractivity contribution in [2.24, 2.45) is 10.9 Å². The van der Waals surface area contributed by atoms with Crippen LogP contribution in [0, 0.1) is 6.92 Å². The highest BCUT2D eigenvalue weighted by atomic mass is 79.9. The Labute approximate surface area is 121 Å². The third-order valence-corrected chi connectivity index (χ3v) is 3.91. The Bertz CT molecular complexity index is 489. The smallest absolute Gasteiger partial charge is 0.255 e. The molecule has 5 nitrogen and oxygen atoms in total. The zero-order valence-corrected chi connectivity index (χ0v) is 12.6. The van der Waals surface area contributed by atoms with E-state index in [0.29, 0.717) is 25.1 Å². The van der Waals surface area contributed by atoms with E-state index in [-0.39, 0.29) is 11.7 Å². The Morgan fingerprint density at radius 3 is 2.79 bits per heavy atom. The zero-order chi connectivity index (χ0) is 14.4. The molecule has 0 aromatic heterocycles. The summed E-state index contributed by atoms with van der Waals surface area (Å²) < 4.78 is 0.808. The fourth-order valence-corrected chi connectivity index (χ4v) is 2.12. The van der Waals surface area contributed by atoms with E-state index >= 15 is 0 Å². The maximum absolute atomic E-state index is 12.4. The van der Waals surface area contributed by atoms with Gasteiger partial charge in [-0.2, -0.15) is 0 Å². The quantitative estimate of drug-likeness (QED) is 0.377. The molecule has 19 heavy (non-hydrogen) atoms. The number of oxime groups is 1.